The highest BCUT2D eigenvalue weighted by molar-refractivity contribution is 5.78. The minimum atomic E-state index is -0.539. The molecule has 2 N–H and O–H groups in total. The minimum absolute atomic E-state index is 0.0131. The molecule has 1 aliphatic heterocycles. The van der Waals surface area contributed by atoms with E-state index in [1.54, 1.807) is 0 Å². The molecule has 0 aromatic heterocycles. The first-order valence-corrected chi connectivity index (χ1v) is 8.41. The zero-order chi connectivity index (χ0) is 15.8. The minimum Gasteiger partial charge on any atom is -0.394 e. The monoisotopic (exact) mass is 304 g/mol. The second-order valence-corrected chi connectivity index (χ2v) is 6.11. The van der Waals surface area contributed by atoms with Gasteiger partial charge >= 0.3 is 0 Å². The maximum Gasteiger partial charge on any atom is 0.236 e. The molecule has 0 aliphatic carbocycles. The number of nitrogens with zero attached hydrogens (tertiary/aromatic N) is 1. The second-order valence-electron chi connectivity index (χ2n) is 6.11. The van der Waals surface area contributed by atoms with Crippen LogP contribution >= 0.6 is 0 Å². The molecule has 4 heteroatoms. The molecule has 1 heterocycles. The third-order valence-corrected chi connectivity index (χ3v) is 4.74. The van der Waals surface area contributed by atoms with Gasteiger partial charge in [0.15, 0.2) is 0 Å². The molecule has 1 saturated heterocycles. The van der Waals surface area contributed by atoms with Gasteiger partial charge in [0.1, 0.15) is 0 Å². The molecule has 1 amide bonds. The number of nitrogens with one attached hydrogen (secondary N) is 1. The maximum absolute atomic E-state index is 12.4. The fraction of sp³-hybridized carbons (Fsp3) is 0.611. The molecule has 1 aromatic rings. The van der Waals surface area contributed by atoms with Crippen molar-refractivity contribution in [3.8, 4) is 0 Å². The largest absolute Gasteiger partial charge is 0.394 e. The molecule has 22 heavy (non-hydrogen) atoms. The van der Waals surface area contributed by atoms with Crippen molar-refractivity contribution in [1.82, 2.24) is 10.2 Å². The lowest BCUT2D eigenvalue weighted by Gasteiger charge is -2.33. The van der Waals surface area contributed by atoms with Crippen molar-refractivity contribution in [3.05, 3.63) is 35.9 Å². The van der Waals surface area contributed by atoms with E-state index in [1.807, 2.05) is 42.2 Å². The fourth-order valence-corrected chi connectivity index (χ4v) is 3.12. The van der Waals surface area contributed by atoms with Gasteiger partial charge in [-0.3, -0.25) is 10.1 Å². The zero-order valence-electron chi connectivity index (χ0n) is 13.6. The van der Waals surface area contributed by atoms with Crippen LogP contribution < -0.4 is 5.32 Å². The van der Waals surface area contributed by atoms with Gasteiger partial charge in [-0.15, -0.1) is 0 Å². The Labute approximate surface area is 133 Å². The van der Waals surface area contributed by atoms with Crippen molar-refractivity contribution in [2.75, 3.05) is 26.2 Å². The molecule has 0 saturated carbocycles. The van der Waals surface area contributed by atoms with Crippen LogP contribution in [0.5, 0.6) is 0 Å². The number of benzene rings is 1. The molecule has 1 fully saturated rings. The molecular formula is C18H28N2O2. The number of hydrogen-bond donors (Lipinski definition) is 2. The van der Waals surface area contributed by atoms with E-state index in [4.69, 9.17) is 0 Å². The highest BCUT2D eigenvalue weighted by Crippen LogP contribution is 2.24. The Kier molecular flexibility index (Phi) is 6.40. The number of carbonyl (C=O) groups excluding carboxylic acids is 1. The van der Waals surface area contributed by atoms with Crippen molar-refractivity contribution >= 4 is 5.91 Å². The SMILES string of the molecule is CCC(CO)(NCC(=O)N1CCCCCC1)c1ccccc1. The van der Waals surface area contributed by atoms with Crippen molar-refractivity contribution in [3.63, 3.8) is 0 Å². The molecule has 2 rings (SSSR count). The summed E-state index contributed by atoms with van der Waals surface area (Å²) < 4.78 is 0. The number of aliphatic hydroxyl groups excluding tert-OH is 1. The van der Waals surface area contributed by atoms with Crippen LogP contribution in [0.4, 0.5) is 0 Å². The summed E-state index contributed by atoms with van der Waals surface area (Å²) in [4.78, 5) is 14.4. The number of hydrogen-bond acceptors (Lipinski definition) is 3. The smallest absolute Gasteiger partial charge is 0.236 e. The van der Waals surface area contributed by atoms with E-state index in [2.05, 4.69) is 5.32 Å². The van der Waals surface area contributed by atoms with Crippen molar-refractivity contribution in [2.24, 2.45) is 0 Å². The number of amides is 1. The standard InChI is InChI=1S/C18H28N2O2/c1-2-18(15-21,16-10-6-5-7-11-16)19-14-17(22)20-12-8-3-4-9-13-20/h5-7,10-11,19,21H,2-4,8-9,12-15H2,1H3. The Morgan fingerprint density at radius 1 is 1.18 bits per heavy atom. The maximum atomic E-state index is 12.4. The summed E-state index contributed by atoms with van der Waals surface area (Å²) in [5.41, 5.74) is 0.492. The van der Waals surface area contributed by atoms with Gasteiger partial charge in [0.25, 0.3) is 0 Å². The summed E-state index contributed by atoms with van der Waals surface area (Å²) in [7, 11) is 0. The van der Waals surface area contributed by atoms with Gasteiger partial charge in [-0.05, 0) is 24.8 Å². The van der Waals surface area contributed by atoms with E-state index < -0.39 is 5.54 Å². The summed E-state index contributed by atoms with van der Waals surface area (Å²) in [5.74, 6) is 0.143. The van der Waals surface area contributed by atoms with Crippen LogP contribution in [-0.2, 0) is 10.3 Å². The lowest BCUT2D eigenvalue weighted by atomic mass is 9.88. The van der Waals surface area contributed by atoms with Crippen molar-refractivity contribution in [2.45, 2.75) is 44.6 Å². The first-order valence-electron chi connectivity index (χ1n) is 8.41. The van der Waals surface area contributed by atoms with Gasteiger partial charge in [-0.25, -0.2) is 0 Å². The van der Waals surface area contributed by atoms with Crippen molar-refractivity contribution < 1.29 is 9.90 Å². The molecule has 1 unspecified atom stereocenters. The van der Waals surface area contributed by atoms with Crippen LogP contribution in [0.1, 0.15) is 44.6 Å². The molecular weight excluding hydrogens is 276 g/mol. The summed E-state index contributed by atoms with van der Waals surface area (Å²) in [6.07, 6.45) is 5.38. The van der Waals surface area contributed by atoms with E-state index in [0.717, 1.165) is 37.9 Å². The molecule has 0 radical (unpaired) electrons. The van der Waals surface area contributed by atoms with E-state index in [-0.39, 0.29) is 19.1 Å². The Balaban J connectivity index is 2.01. The molecule has 1 atom stereocenters. The summed E-state index contributed by atoms with van der Waals surface area (Å²) in [5, 5.41) is 13.2. The topological polar surface area (TPSA) is 52.6 Å². The zero-order valence-corrected chi connectivity index (χ0v) is 13.6. The lowest BCUT2D eigenvalue weighted by molar-refractivity contribution is -0.130. The van der Waals surface area contributed by atoms with E-state index in [1.165, 1.54) is 12.8 Å². The molecule has 1 aromatic carbocycles. The average molecular weight is 304 g/mol. The van der Waals surface area contributed by atoms with Gasteiger partial charge in [0.05, 0.1) is 18.7 Å². The molecule has 4 nitrogen and oxygen atoms in total. The first kappa shape index (κ1) is 17.0. The quantitative estimate of drug-likeness (QED) is 0.848. The Morgan fingerprint density at radius 2 is 1.82 bits per heavy atom. The van der Waals surface area contributed by atoms with E-state index in [0.29, 0.717) is 0 Å². The van der Waals surface area contributed by atoms with E-state index in [9.17, 15) is 9.90 Å². The Bertz CT molecular complexity index is 449. The summed E-state index contributed by atoms with van der Waals surface area (Å²) >= 11 is 0. The number of carbonyl (C=O) groups is 1. The predicted molar refractivity (Wildman–Crippen MR) is 88.5 cm³/mol. The van der Waals surface area contributed by atoms with Gasteiger partial charge in [-0.2, -0.15) is 0 Å². The van der Waals surface area contributed by atoms with Crippen LogP contribution in [0.2, 0.25) is 0 Å². The number of likely N-dealkylation sites (tertiary alicyclic amines) is 1. The van der Waals surface area contributed by atoms with Crippen LogP contribution in [0.3, 0.4) is 0 Å². The number of rotatable bonds is 6. The summed E-state index contributed by atoms with van der Waals surface area (Å²) in [6.45, 7) is 4.03. The molecule has 122 valence electrons. The van der Waals surface area contributed by atoms with Gasteiger partial charge in [0, 0.05) is 13.1 Å². The summed E-state index contributed by atoms with van der Waals surface area (Å²) in [6, 6.07) is 9.90. The highest BCUT2D eigenvalue weighted by Gasteiger charge is 2.30. The fourth-order valence-electron chi connectivity index (χ4n) is 3.12. The number of aliphatic hydroxyl groups is 1. The van der Waals surface area contributed by atoms with Gasteiger partial charge in [0.2, 0.25) is 5.91 Å². The van der Waals surface area contributed by atoms with Gasteiger partial charge in [-0.1, -0.05) is 50.1 Å². The molecule has 0 spiro atoms. The molecule has 1 aliphatic rings. The third kappa shape index (κ3) is 4.08. The van der Waals surface area contributed by atoms with E-state index >= 15 is 0 Å². The third-order valence-electron chi connectivity index (χ3n) is 4.74. The lowest BCUT2D eigenvalue weighted by Crippen LogP contribution is -2.50. The van der Waals surface area contributed by atoms with Crippen molar-refractivity contribution in [1.29, 1.82) is 0 Å². The predicted octanol–water partition coefficient (Wildman–Crippen LogP) is 2.28. The second kappa shape index (κ2) is 8.30. The van der Waals surface area contributed by atoms with Crippen LogP contribution in [0.15, 0.2) is 30.3 Å². The molecule has 0 bridgehead atoms. The van der Waals surface area contributed by atoms with Crippen LogP contribution in [-0.4, -0.2) is 42.2 Å². The van der Waals surface area contributed by atoms with Crippen LogP contribution in [0.25, 0.3) is 0 Å². The average Bonchev–Trinajstić information content (AvgIpc) is 2.86. The highest BCUT2D eigenvalue weighted by atomic mass is 16.3. The normalized spacial score (nSPS) is 18.5. The van der Waals surface area contributed by atoms with Crippen LogP contribution in [0, 0.1) is 0 Å². The Hall–Kier alpha value is -1.39. The van der Waals surface area contributed by atoms with Gasteiger partial charge < -0.3 is 10.0 Å². The first-order chi connectivity index (χ1) is 10.7. The Morgan fingerprint density at radius 3 is 2.36 bits per heavy atom.